The van der Waals surface area contributed by atoms with Crippen molar-refractivity contribution in [3.63, 3.8) is 0 Å². The van der Waals surface area contributed by atoms with E-state index in [9.17, 15) is 0 Å². The third kappa shape index (κ3) is 5.26. The summed E-state index contributed by atoms with van der Waals surface area (Å²) in [4.78, 5) is 8.91. The Morgan fingerprint density at radius 3 is 2.43 bits per heavy atom. The van der Waals surface area contributed by atoms with Gasteiger partial charge in [-0.2, -0.15) is 0 Å². The molecule has 0 aliphatic carbocycles. The smallest absolute Gasteiger partial charge is 0.186 e. The van der Waals surface area contributed by atoms with Crippen LogP contribution in [0.1, 0.15) is 77.3 Å². The van der Waals surface area contributed by atoms with Gasteiger partial charge >= 0.3 is 0 Å². The second kappa shape index (κ2) is 9.42. The van der Waals surface area contributed by atoms with Crippen LogP contribution in [-0.2, 0) is 6.54 Å². The van der Waals surface area contributed by atoms with Gasteiger partial charge in [-0.3, -0.25) is 0 Å². The minimum Gasteiger partial charge on any atom is -0.345 e. The van der Waals surface area contributed by atoms with Gasteiger partial charge in [-0.1, -0.05) is 41.0 Å². The van der Waals surface area contributed by atoms with E-state index in [2.05, 4.69) is 51.8 Å². The zero-order valence-corrected chi connectivity index (χ0v) is 15.5. The molecule has 0 radical (unpaired) electrons. The summed E-state index contributed by atoms with van der Waals surface area (Å²) in [7, 11) is 0. The molecular formula is C17H33N3S. The van der Waals surface area contributed by atoms with Crippen LogP contribution in [0.15, 0.2) is 0 Å². The van der Waals surface area contributed by atoms with Crippen LogP contribution in [0.3, 0.4) is 0 Å². The summed E-state index contributed by atoms with van der Waals surface area (Å²) < 4.78 is 0. The maximum atomic E-state index is 4.99. The fourth-order valence-electron chi connectivity index (χ4n) is 2.34. The lowest BCUT2D eigenvalue weighted by Crippen LogP contribution is -2.33. The summed E-state index contributed by atoms with van der Waals surface area (Å²) in [5, 5.41) is 4.67. The van der Waals surface area contributed by atoms with E-state index >= 15 is 0 Å². The fraction of sp³-hybridized carbons (Fsp3) is 0.824. The minimum atomic E-state index is 0.494. The Balaban J connectivity index is 3.01. The highest BCUT2D eigenvalue weighted by atomic mass is 32.1. The average molecular weight is 312 g/mol. The number of nitrogens with one attached hydrogen (secondary N) is 1. The van der Waals surface area contributed by atoms with Crippen LogP contribution in [-0.4, -0.2) is 24.1 Å². The molecule has 0 aliphatic heterocycles. The first-order chi connectivity index (χ1) is 10.0. The van der Waals surface area contributed by atoms with Crippen molar-refractivity contribution in [1.29, 1.82) is 0 Å². The second-order valence-electron chi connectivity index (χ2n) is 6.04. The Morgan fingerprint density at radius 2 is 1.90 bits per heavy atom. The topological polar surface area (TPSA) is 28.2 Å². The van der Waals surface area contributed by atoms with Gasteiger partial charge in [0.1, 0.15) is 0 Å². The van der Waals surface area contributed by atoms with Gasteiger partial charge in [0, 0.05) is 24.0 Å². The molecule has 0 aromatic carbocycles. The van der Waals surface area contributed by atoms with Crippen molar-refractivity contribution in [3.8, 4) is 0 Å². The number of anilines is 1. The molecule has 1 aromatic heterocycles. The molecule has 3 nitrogen and oxygen atoms in total. The summed E-state index contributed by atoms with van der Waals surface area (Å²) in [6, 6.07) is 0.565. The Bertz CT molecular complexity index is 401. The predicted molar refractivity (Wildman–Crippen MR) is 95.6 cm³/mol. The molecule has 122 valence electrons. The lowest BCUT2D eigenvalue weighted by Gasteiger charge is -2.28. The maximum absolute atomic E-state index is 4.99. The van der Waals surface area contributed by atoms with Gasteiger partial charge in [0.15, 0.2) is 5.13 Å². The predicted octanol–water partition coefficient (Wildman–Crippen LogP) is 4.78. The summed E-state index contributed by atoms with van der Waals surface area (Å²) in [6.45, 7) is 16.6. The molecule has 0 aliphatic rings. The van der Waals surface area contributed by atoms with Crippen molar-refractivity contribution in [2.24, 2.45) is 0 Å². The number of hydrogen-bond acceptors (Lipinski definition) is 4. The first-order valence-corrected chi connectivity index (χ1v) is 9.33. The molecule has 0 spiro atoms. The third-order valence-electron chi connectivity index (χ3n) is 3.92. The molecule has 0 amide bonds. The number of unbranched alkanes of at least 4 members (excludes halogenated alkanes) is 1. The highest BCUT2D eigenvalue weighted by Gasteiger charge is 2.20. The van der Waals surface area contributed by atoms with Crippen molar-refractivity contribution < 1.29 is 0 Å². The molecule has 1 atom stereocenters. The third-order valence-corrected chi connectivity index (χ3v) is 5.03. The summed E-state index contributed by atoms with van der Waals surface area (Å²) >= 11 is 1.88. The summed E-state index contributed by atoms with van der Waals surface area (Å²) in [5.41, 5.74) is 1.28. The Morgan fingerprint density at radius 1 is 1.19 bits per heavy atom. The van der Waals surface area contributed by atoms with Crippen LogP contribution in [0.5, 0.6) is 0 Å². The van der Waals surface area contributed by atoms with Crippen LogP contribution < -0.4 is 10.2 Å². The van der Waals surface area contributed by atoms with Gasteiger partial charge in [0.25, 0.3) is 0 Å². The summed E-state index contributed by atoms with van der Waals surface area (Å²) in [6.07, 6.45) is 3.64. The molecule has 0 saturated carbocycles. The van der Waals surface area contributed by atoms with Crippen LogP contribution in [0, 0.1) is 0 Å². The number of thiazole rings is 1. The zero-order valence-electron chi connectivity index (χ0n) is 14.7. The van der Waals surface area contributed by atoms with Crippen LogP contribution in [0.25, 0.3) is 0 Å². The fourth-order valence-corrected chi connectivity index (χ4v) is 3.66. The van der Waals surface area contributed by atoms with Gasteiger partial charge < -0.3 is 10.2 Å². The highest BCUT2D eigenvalue weighted by molar-refractivity contribution is 7.15. The molecule has 1 aromatic rings. The van der Waals surface area contributed by atoms with E-state index < -0.39 is 0 Å². The Hall–Kier alpha value is -0.610. The van der Waals surface area contributed by atoms with E-state index in [1.165, 1.54) is 35.0 Å². The minimum absolute atomic E-state index is 0.494. The largest absolute Gasteiger partial charge is 0.345 e. The van der Waals surface area contributed by atoms with Gasteiger partial charge in [0.05, 0.1) is 5.69 Å². The van der Waals surface area contributed by atoms with E-state index in [1.807, 2.05) is 11.3 Å². The monoisotopic (exact) mass is 311 g/mol. The van der Waals surface area contributed by atoms with Gasteiger partial charge in [0.2, 0.25) is 0 Å². The van der Waals surface area contributed by atoms with E-state index in [0.29, 0.717) is 12.0 Å². The van der Waals surface area contributed by atoms with E-state index in [4.69, 9.17) is 4.98 Å². The van der Waals surface area contributed by atoms with Crippen molar-refractivity contribution in [3.05, 3.63) is 10.6 Å². The Labute approximate surface area is 135 Å². The molecule has 1 N–H and O–H groups in total. The Kier molecular flexibility index (Phi) is 8.27. The van der Waals surface area contributed by atoms with E-state index in [0.717, 1.165) is 19.6 Å². The van der Waals surface area contributed by atoms with Crippen molar-refractivity contribution >= 4 is 16.5 Å². The molecule has 4 heteroatoms. The lowest BCUT2D eigenvalue weighted by atomic mass is 10.1. The quantitative estimate of drug-likeness (QED) is 0.674. The SMILES string of the molecule is CCCCN(c1nc(C(C)C)c(CNCC)s1)C(C)CC. The second-order valence-corrected chi connectivity index (χ2v) is 7.11. The first kappa shape index (κ1) is 18.4. The molecule has 1 heterocycles. The lowest BCUT2D eigenvalue weighted by molar-refractivity contribution is 0.593. The summed E-state index contributed by atoms with van der Waals surface area (Å²) in [5.74, 6) is 0.494. The van der Waals surface area contributed by atoms with E-state index in [1.54, 1.807) is 0 Å². The standard InChI is InChI=1S/C17H33N3S/c1-7-10-11-20(14(6)8-2)17-19-16(13(4)5)15(21-17)12-18-9-3/h13-14,18H,7-12H2,1-6H3. The van der Waals surface area contributed by atoms with Crippen molar-refractivity contribution in [2.75, 3.05) is 18.0 Å². The maximum Gasteiger partial charge on any atom is 0.186 e. The van der Waals surface area contributed by atoms with Crippen LogP contribution in [0.4, 0.5) is 5.13 Å². The molecule has 21 heavy (non-hydrogen) atoms. The first-order valence-electron chi connectivity index (χ1n) is 8.51. The normalized spacial score (nSPS) is 12.9. The number of rotatable bonds is 10. The molecule has 0 bridgehead atoms. The molecule has 0 fully saturated rings. The van der Waals surface area contributed by atoms with Gasteiger partial charge in [-0.25, -0.2) is 4.98 Å². The highest BCUT2D eigenvalue weighted by Crippen LogP contribution is 2.32. The number of aromatic nitrogens is 1. The molecule has 0 saturated heterocycles. The van der Waals surface area contributed by atoms with E-state index in [-0.39, 0.29) is 0 Å². The van der Waals surface area contributed by atoms with Gasteiger partial charge in [-0.05, 0) is 32.2 Å². The molecule has 1 unspecified atom stereocenters. The van der Waals surface area contributed by atoms with Crippen molar-refractivity contribution in [1.82, 2.24) is 10.3 Å². The van der Waals surface area contributed by atoms with Crippen LogP contribution in [0.2, 0.25) is 0 Å². The van der Waals surface area contributed by atoms with Crippen LogP contribution >= 0.6 is 11.3 Å². The molecule has 1 rings (SSSR count). The average Bonchev–Trinajstić information content (AvgIpc) is 2.89. The zero-order chi connectivity index (χ0) is 15.8. The van der Waals surface area contributed by atoms with Crippen molar-refractivity contribution in [2.45, 2.75) is 79.3 Å². The van der Waals surface area contributed by atoms with Gasteiger partial charge in [-0.15, -0.1) is 11.3 Å². The number of hydrogen-bond donors (Lipinski definition) is 1. The molecular weight excluding hydrogens is 278 g/mol. The number of nitrogens with zero attached hydrogens (tertiary/aromatic N) is 2.